The Morgan fingerprint density at radius 2 is 1.85 bits per heavy atom. The minimum absolute atomic E-state index is 0.186. The van der Waals surface area contributed by atoms with Gasteiger partial charge in [0, 0.05) is 41.6 Å². The number of rotatable bonds is 6. The van der Waals surface area contributed by atoms with Gasteiger partial charge in [-0.25, -0.2) is 8.42 Å². The molecule has 138 valence electrons. The molecule has 0 spiro atoms. The molecule has 1 aliphatic heterocycles. The fraction of sp³-hybridized carbons (Fsp3) is 0.278. The van der Waals surface area contributed by atoms with Gasteiger partial charge in [-0.15, -0.1) is 0 Å². The van der Waals surface area contributed by atoms with Crippen molar-refractivity contribution >= 4 is 38.9 Å². The minimum Gasteiger partial charge on any atom is -0.371 e. The number of anilines is 2. The van der Waals surface area contributed by atoms with Crippen molar-refractivity contribution < 1.29 is 13.2 Å². The molecular formula is C18H20ClN3O3S. The number of halogens is 1. The first-order valence-electron chi connectivity index (χ1n) is 8.21. The summed E-state index contributed by atoms with van der Waals surface area (Å²) in [5.41, 5.74) is 2.80. The molecule has 8 heteroatoms. The van der Waals surface area contributed by atoms with Crippen molar-refractivity contribution in [1.82, 2.24) is 5.32 Å². The van der Waals surface area contributed by atoms with Gasteiger partial charge in [-0.2, -0.15) is 0 Å². The van der Waals surface area contributed by atoms with E-state index in [0.717, 1.165) is 25.0 Å². The Bertz CT molecular complexity index is 910. The van der Waals surface area contributed by atoms with Crippen LogP contribution in [-0.2, 0) is 16.6 Å². The molecule has 0 aromatic heterocycles. The zero-order chi connectivity index (χ0) is 18.7. The topological polar surface area (TPSA) is 78.5 Å². The molecule has 6 nitrogen and oxygen atoms in total. The van der Waals surface area contributed by atoms with E-state index < -0.39 is 10.0 Å². The molecule has 1 heterocycles. The summed E-state index contributed by atoms with van der Waals surface area (Å²) in [5.74, 6) is -0.186. The molecule has 2 N–H and O–H groups in total. The average Bonchev–Trinajstić information content (AvgIpc) is 2.51. The summed E-state index contributed by atoms with van der Waals surface area (Å²) in [6.45, 7) is 2.38. The van der Waals surface area contributed by atoms with Crippen molar-refractivity contribution in [1.29, 1.82) is 0 Å². The third kappa shape index (κ3) is 4.68. The summed E-state index contributed by atoms with van der Waals surface area (Å²) in [4.78, 5) is 14.5. The average molecular weight is 394 g/mol. The molecule has 0 radical (unpaired) electrons. The summed E-state index contributed by atoms with van der Waals surface area (Å²) >= 11 is 6.17. The first kappa shape index (κ1) is 18.5. The van der Waals surface area contributed by atoms with Crippen molar-refractivity contribution in [3.05, 3.63) is 58.6 Å². The first-order chi connectivity index (χ1) is 12.3. The number of amides is 1. The Morgan fingerprint density at radius 1 is 1.15 bits per heavy atom. The highest BCUT2D eigenvalue weighted by Gasteiger charge is 2.15. The van der Waals surface area contributed by atoms with Crippen molar-refractivity contribution in [3.8, 4) is 0 Å². The Hall–Kier alpha value is -2.25. The summed E-state index contributed by atoms with van der Waals surface area (Å²) < 4.78 is 24.8. The molecule has 26 heavy (non-hydrogen) atoms. The summed E-state index contributed by atoms with van der Waals surface area (Å²) in [7, 11) is -3.36. The predicted molar refractivity (Wildman–Crippen MR) is 104 cm³/mol. The second kappa shape index (κ2) is 7.55. The normalized spacial score (nSPS) is 13.8. The van der Waals surface area contributed by atoms with Gasteiger partial charge >= 0.3 is 0 Å². The number of hydrogen-bond donors (Lipinski definition) is 2. The van der Waals surface area contributed by atoms with Gasteiger partial charge in [-0.05, 0) is 48.4 Å². The van der Waals surface area contributed by atoms with Crippen LogP contribution in [0.15, 0.2) is 42.5 Å². The first-order valence-corrected chi connectivity index (χ1v) is 10.5. The van der Waals surface area contributed by atoms with Crippen LogP contribution in [0.3, 0.4) is 0 Å². The lowest BCUT2D eigenvalue weighted by molar-refractivity contribution is 0.0951. The standard InChI is InChI=1S/C18H20ClN3O3S/c1-26(24,25)21-15-6-3-14(17(19)11-15)12-20-18(23)13-4-7-16(8-5-13)22-9-2-10-22/h3-8,11,21H,2,9-10,12H2,1H3,(H,20,23). The van der Waals surface area contributed by atoms with Crippen LogP contribution >= 0.6 is 11.6 Å². The third-order valence-electron chi connectivity index (χ3n) is 4.15. The maximum atomic E-state index is 12.3. The van der Waals surface area contributed by atoms with Crippen LogP contribution in [0.5, 0.6) is 0 Å². The molecule has 0 aliphatic carbocycles. The summed E-state index contributed by atoms with van der Waals surface area (Å²) in [6, 6.07) is 12.3. The molecule has 1 saturated heterocycles. The highest BCUT2D eigenvalue weighted by Crippen LogP contribution is 2.22. The Kier molecular flexibility index (Phi) is 5.38. The highest BCUT2D eigenvalue weighted by atomic mass is 35.5. The molecular weight excluding hydrogens is 374 g/mol. The lowest BCUT2D eigenvalue weighted by atomic mass is 10.1. The lowest BCUT2D eigenvalue weighted by Gasteiger charge is -2.33. The quantitative estimate of drug-likeness (QED) is 0.791. The van der Waals surface area contributed by atoms with E-state index in [0.29, 0.717) is 21.8 Å². The molecule has 1 fully saturated rings. The van der Waals surface area contributed by atoms with E-state index in [-0.39, 0.29) is 12.5 Å². The minimum atomic E-state index is -3.36. The van der Waals surface area contributed by atoms with E-state index in [1.54, 1.807) is 12.1 Å². The molecule has 1 amide bonds. The second-order valence-electron chi connectivity index (χ2n) is 6.25. The number of benzene rings is 2. The van der Waals surface area contributed by atoms with Gasteiger partial charge in [0.1, 0.15) is 0 Å². The van der Waals surface area contributed by atoms with E-state index in [1.165, 1.54) is 12.5 Å². The zero-order valence-corrected chi connectivity index (χ0v) is 15.9. The van der Waals surface area contributed by atoms with Gasteiger partial charge in [-0.3, -0.25) is 9.52 Å². The summed E-state index contributed by atoms with van der Waals surface area (Å²) in [5, 5.41) is 3.21. The van der Waals surface area contributed by atoms with Crippen molar-refractivity contribution in [3.63, 3.8) is 0 Å². The Labute approximate surface area is 158 Å². The van der Waals surface area contributed by atoms with Crippen LogP contribution in [0.1, 0.15) is 22.3 Å². The number of carbonyl (C=O) groups excluding carboxylic acids is 1. The predicted octanol–water partition coefficient (Wildman–Crippen LogP) is 2.85. The Balaban J connectivity index is 1.60. The summed E-state index contributed by atoms with van der Waals surface area (Å²) in [6.07, 6.45) is 2.28. The molecule has 0 atom stereocenters. The van der Waals surface area contributed by atoms with Crippen LogP contribution in [0.4, 0.5) is 11.4 Å². The molecule has 0 unspecified atom stereocenters. The molecule has 1 aliphatic rings. The third-order valence-corrected chi connectivity index (χ3v) is 5.10. The van der Waals surface area contributed by atoms with Crippen LogP contribution in [0.2, 0.25) is 5.02 Å². The molecule has 2 aromatic carbocycles. The van der Waals surface area contributed by atoms with E-state index in [9.17, 15) is 13.2 Å². The zero-order valence-electron chi connectivity index (χ0n) is 14.3. The van der Waals surface area contributed by atoms with Gasteiger partial charge in [0.25, 0.3) is 5.91 Å². The van der Waals surface area contributed by atoms with E-state index >= 15 is 0 Å². The molecule has 2 aromatic rings. The second-order valence-corrected chi connectivity index (χ2v) is 8.41. The maximum Gasteiger partial charge on any atom is 0.251 e. The SMILES string of the molecule is CS(=O)(=O)Nc1ccc(CNC(=O)c2ccc(N3CCC3)cc2)c(Cl)c1. The lowest BCUT2D eigenvalue weighted by Crippen LogP contribution is -2.36. The number of carbonyl (C=O) groups is 1. The van der Waals surface area contributed by atoms with Crippen molar-refractivity contribution in [2.75, 3.05) is 29.0 Å². The fourth-order valence-corrected chi connectivity index (χ4v) is 3.45. The van der Waals surface area contributed by atoms with E-state index in [2.05, 4.69) is 14.9 Å². The molecule has 0 bridgehead atoms. The maximum absolute atomic E-state index is 12.3. The smallest absolute Gasteiger partial charge is 0.251 e. The van der Waals surface area contributed by atoms with Crippen LogP contribution < -0.4 is 14.9 Å². The van der Waals surface area contributed by atoms with Crippen LogP contribution in [0, 0.1) is 0 Å². The van der Waals surface area contributed by atoms with Crippen molar-refractivity contribution in [2.24, 2.45) is 0 Å². The van der Waals surface area contributed by atoms with Gasteiger partial charge in [0.2, 0.25) is 10.0 Å². The highest BCUT2D eigenvalue weighted by molar-refractivity contribution is 7.92. The number of nitrogens with zero attached hydrogens (tertiary/aromatic N) is 1. The number of hydrogen-bond acceptors (Lipinski definition) is 4. The van der Waals surface area contributed by atoms with E-state index in [4.69, 9.17) is 11.6 Å². The van der Waals surface area contributed by atoms with Gasteiger partial charge in [0.05, 0.1) is 6.26 Å². The fourth-order valence-electron chi connectivity index (χ4n) is 2.64. The monoisotopic (exact) mass is 393 g/mol. The van der Waals surface area contributed by atoms with E-state index in [1.807, 2.05) is 24.3 Å². The van der Waals surface area contributed by atoms with Crippen LogP contribution in [-0.4, -0.2) is 33.7 Å². The van der Waals surface area contributed by atoms with Gasteiger partial charge in [-0.1, -0.05) is 17.7 Å². The van der Waals surface area contributed by atoms with Crippen LogP contribution in [0.25, 0.3) is 0 Å². The van der Waals surface area contributed by atoms with Gasteiger partial charge < -0.3 is 10.2 Å². The van der Waals surface area contributed by atoms with Gasteiger partial charge in [0.15, 0.2) is 0 Å². The Morgan fingerprint density at radius 3 is 2.38 bits per heavy atom. The molecule has 0 saturated carbocycles. The van der Waals surface area contributed by atoms with Crippen molar-refractivity contribution in [2.45, 2.75) is 13.0 Å². The number of nitrogens with one attached hydrogen (secondary N) is 2. The molecule has 3 rings (SSSR count). The number of sulfonamides is 1. The largest absolute Gasteiger partial charge is 0.371 e.